The van der Waals surface area contributed by atoms with Crippen LogP contribution in [0.2, 0.25) is 0 Å². The summed E-state index contributed by atoms with van der Waals surface area (Å²) in [6.45, 7) is 0.759. The molecule has 0 bridgehead atoms. The van der Waals surface area contributed by atoms with Gasteiger partial charge >= 0.3 is 5.97 Å². The zero-order valence-corrected chi connectivity index (χ0v) is 7.84. The Morgan fingerprint density at radius 2 is 2.31 bits per heavy atom. The average Bonchev–Trinajstić information content (AvgIpc) is 2.50. The molecular weight excluding hydrogens is 196 g/mol. The van der Waals surface area contributed by atoms with E-state index in [2.05, 4.69) is 15.2 Å². The third kappa shape index (κ3) is 3.71. The van der Waals surface area contributed by atoms with Crippen LogP contribution in [-0.4, -0.2) is 32.9 Å². The van der Waals surface area contributed by atoms with E-state index < -0.39 is 21.9 Å². The molecule has 1 heterocycles. The molecule has 76 valence electrons. The highest BCUT2D eigenvalue weighted by molar-refractivity contribution is 7.88. The molecule has 0 saturated carbocycles. The zero-order valence-electron chi connectivity index (χ0n) is 7.02. The fraction of sp³-hybridized carbons (Fsp3) is 0.833. The van der Waals surface area contributed by atoms with Crippen LogP contribution in [0.25, 0.3) is 0 Å². The normalized spacial score (nSPS) is 23.0. The van der Waals surface area contributed by atoms with Crippen LogP contribution in [0.3, 0.4) is 0 Å². The van der Waals surface area contributed by atoms with E-state index in [0.717, 1.165) is 13.0 Å². The number of hydrogen-bond acceptors (Lipinski definition) is 5. The summed E-state index contributed by atoms with van der Waals surface area (Å²) >= 11 is 0. The van der Waals surface area contributed by atoms with Crippen LogP contribution in [0.5, 0.6) is 0 Å². The summed E-state index contributed by atoms with van der Waals surface area (Å²) in [5, 5.41) is 7.54. The second kappa shape index (κ2) is 4.03. The van der Waals surface area contributed by atoms with Crippen LogP contribution in [-0.2, 0) is 19.6 Å². The van der Waals surface area contributed by atoms with Crippen molar-refractivity contribution in [1.29, 1.82) is 0 Å². The highest BCUT2D eigenvalue weighted by Crippen LogP contribution is 2.06. The molecule has 0 aliphatic carbocycles. The Morgan fingerprint density at radius 3 is 2.77 bits per heavy atom. The van der Waals surface area contributed by atoms with E-state index in [1.54, 1.807) is 0 Å². The molecule has 13 heavy (non-hydrogen) atoms. The van der Waals surface area contributed by atoms with Gasteiger partial charge in [-0.05, 0) is 19.4 Å². The van der Waals surface area contributed by atoms with E-state index in [9.17, 15) is 13.2 Å². The number of nitrogens with one attached hydrogen (secondary N) is 1. The number of sulfonamides is 1. The van der Waals surface area contributed by atoms with Crippen molar-refractivity contribution in [2.75, 3.05) is 12.5 Å². The van der Waals surface area contributed by atoms with Gasteiger partial charge in [-0.1, -0.05) is 0 Å². The van der Waals surface area contributed by atoms with E-state index in [-0.39, 0.29) is 6.04 Å². The number of primary sulfonamides is 1. The maximum absolute atomic E-state index is 11.1. The Hall–Kier alpha value is -0.660. The van der Waals surface area contributed by atoms with Crippen molar-refractivity contribution in [3.63, 3.8) is 0 Å². The molecule has 1 aliphatic heterocycles. The molecule has 0 unspecified atom stereocenters. The Kier molecular flexibility index (Phi) is 3.23. The largest absolute Gasteiger partial charge is 0.447 e. The Balaban J connectivity index is 2.33. The molecule has 0 amide bonds. The van der Waals surface area contributed by atoms with Crippen LogP contribution in [0.15, 0.2) is 0 Å². The average molecular weight is 208 g/mol. The molecule has 6 nitrogen and oxygen atoms in total. The van der Waals surface area contributed by atoms with Gasteiger partial charge in [-0.25, -0.2) is 13.6 Å². The quantitative estimate of drug-likeness (QED) is 0.551. The Labute approximate surface area is 76.5 Å². The lowest BCUT2D eigenvalue weighted by Crippen LogP contribution is -2.34. The van der Waals surface area contributed by atoms with E-state index >= 15 is 0 Å². The second-order valence-electron chi connectivity index (χ2n) is 2.89. The van der Waals surface area contributed by atoms with Gasteiger partial charge in [0, 0.05) is 0 Å². The molecule has 1 rings (SSSR count). The SMILES string of the molecule is NS(=O)(=O)COC(=O)[C@@H]1CCCN1. The summed E-state index contributed by atoms with van der Waals surface area (Å²) in [5.74, 6) is -1.30. The summed E-state index contributed by atoms with van der Waals surface area (Å²) in [7, 11) is -3.72. The summed E-state index contributed by atoms with van der Waals surface area (Å²) in [6, 6.07) is -0.373. The van der Waals surface area contributed by atoms with Gasteiger partial charge in [0.1, 0.15) is 6.04 Å². The summed E-state index contributed by atoms with van der Waals surface area (Å²) < 4.78 is 25.3. The van der Waals surface area contributed by atoms with Gasteiger partial charge in [0.15, 0.2) is 0 Å². The standard InChI is InChI=1S/C6H12N2O4S/c7-13(10,11)4-12-6(9)5-2-1-3-8-5/h5,8H,1-4H2,(H2,7,10,11)/t5-/m0/s1. The number of carbonyl (C=O) groups is 1. The molecule has 0 aromatic heterocycles. The van der Waals surface area contributed by atoms with Crippen LogP contribution < -0.4 is 10.5 Å². The number of hydrogen-bond donors (Lipinski definition) is 2. The minimum absolute atomic E-state index is 0.373. The first kappa shape index (κ1) is 10.4. The number of nitrogens with two attached hydrogens (primary N) is 1. The van der Waals surface area contributed by atoms with Gasteiger partial charge in [0.05, 0.1) is 0 Å². The predicted octanol–water partition coefficient (Wildman–Crippen LogP) is -1.47. The highest BCUT2D eigenvalue weighted by Gasteiger charge is 2.24. The second-order valence-corrected chi connectivity index (χ2v) is 4.45. The van der Waals surface area contributed by atoms with E-state index in [1.807, 2.05) is 0 Å². The third-order valence-electron chi connectivity index (χ3n) is 1.71. The van der Waals surface area contributed by atoms with Crippen molar-refractivity contribution in [3.05, 3.63) is 0 Å². The summed E-state index contributed by atoms with van der Waals surface area (Å²) in [4.78, 5) is 11.1. The lowest BCUT2D eigenvalue weighted by atomic mass is 10.2. The van der Waals surface area contributed by atoms with Gasteiger partial charge in [-0.3, -0.25) is 4.79 Å². The molecule has 0 aromatic carbocycles. The monoisotopic (exact) mass is 208 g/mol. The van der Waals surface area contributed by atoms with Crippen molar-refractivity contribution in [3.8, 4) is 0 Å². The van der Waals surface area contributed by atoms with E-state index in [1.165, 1.54) is 0 Å². The van der Waals surface area contributed by atoms with Crippen molar-refractivity contribution in [2.24, 2.45) is 5.14 Å². The molecule has 1 aliphatic rings. The van der Waals surface area contributed by atoms with Crippen molar-refractivity contribution >= 4 is 16.0 Å². The molecule has 1 saturated heterocycles. The molecule has 0 aromatic rings. The third-order valence-corrected chi connectivity index (χ3v) is 2.16. The Morgan fingerprint density at radius 1 is 1.62 bits per heavy atom. The van der Waals surface area contributed by atoms with Gasteiger partial charge < -0.3 is 10.1 Å². The lowest BCUT2D eigenvalue weighted by molar-refractivity contribution is -0.143. The first-order valence-electron chi connectivity index (χ1n) is 3.89. The van der Waals surface area contributed by atoms with Crippen LogP contribution in [0, 0.1) is 0 Å². The predicted molar refractivity (Wildman–Crippen MR) is 45.1 cm³/mol. The maximum Gasteiger partial charge on any atom is 0.324 e. The molecule has 1 fully saturated rings. The van der Waals surface area contributed by atoms with Crippen molar-refractivity contribution in [2.45, 2.75) is 18.9 Å². The van der Waals surface area contributed by atoms with Gasteiger partial charge in [0.25, 0.3) is 0 Å². The summed E-state index contributed by atoms with van der Waals surface area (Å²) in [6.07, 6.45) is 1.58. The minimum Gasteiger partial charge on any atom is -0.447 e. The number of carbonyl (C=O) groups excluding carboxylic acids is 1. The number of rotatable bonds is 3. The van der Waals surface area contributed by atoms with Crippen molar-refractivity contribution in [1.82, 2.24) is 5.32 Å². The Bertz CT molecular complexity index is 281. The van der Waals surface area contributed by atoms with Crippen LogP contribution >= 0.6 is 0 Å². The zero-order chi connectivity index (χ0) is 9.90. The van der Waals surface area contributed by atoms with Crippen molar-refractivity contribution < 1.29 is 17.9 Å². The molecule has 7 heteroatoms. The van der Waals surface area contributed by atoms with Crippen LogP contribution in [0.1, 0.15) is 12.8 Å². The fourth-order valence-electron chi connectivity index (χ4n) is 1.13. The lowest BCUT2D eigenvalue weighted by Gasteiger charge is -2.08. The topological polar surface area (TPSA) is 98.5 Å². The summed E-state index contributed by atoms with van der Waals surface area (Å²) in [5.41, 5.74) is 0. The number of ether oxygens (including phenoxy) is 1. The molecular formula is C6H12N2O4S. The molecule has 0 spiro atoms. The van der Waals surface area contributed by atoms with Gasteiger partial charge in [0.2, 0.25) is 16.0 Å². The van der Waals surface area contributed by atoms with Gasteiger partial charge in [-0.15, -0.1) is 0 Å². The maximum atomic E-state index is 11.1. The highest BCUT2D eigenvalue weighted by atomic mass is 32.2. The molecule has 0 radical (unpaired) electrons. The molecule has 3 N–H and O–H groups in total. The first-order valence-corrected chi connectivity index (χ1v) is 5.61. The van der Waals surface area contributed by atoms with Gasteiger partial charge in [-0.2, -0.15) is 0 Å². The fourth-order valence-corrected chi connectivity index (χ4v) is 1.41. The first-order chi connectivity index (χ1) is 5.99. The number of esters is 1. The van der Waals surface area contributed by atoms with Crippen LogP contribution in [0.4, 0.5) is 0 Å². The van der Waals surface area contributed by atoms with E-state index in [0.29, 0.717) is 6.42 Å². The molecule has 1 atom stereocenters. The smallest absolute Gasteiger partial charge is 0.324 e. The van der Waals surface area contributed by atoms with E-state index in [4.69, 9.17) is 0 Å². The minimum atomic E-state index is -3.72.